The van der Waals surface area contributed by atoms with Gasteiger partial charge in [0.1, 0.15) is 6.54 Å². The van der Waals surface area contributed by atoms with Gasteiger partial charge in [0.25, 0.3) is 0 Å². The highest BCUT2D eigenvalue weighted by Gasteiger charge is 2.05. The van der Waals surface area contributed by atoms with Gasteiger partial charge in [0.05, 0.1) is 6.54 Å². The Balaban J connectivity index is 3.42. The standard InChI is InChI=1S/C14H27N3O4/c1-11(2)7-5-3-4-6-8-15-14(21)17-9-12(18)16-10-13(19)20/h11H,3-10H2,1-2H3,(H,16,18)(H,19,20)(H2,15,17,21). The van der Waals surface area contributed by atoms with E-state index in [0.717, 1.165) is 18.8 Å². The maximum atomic E-state index is 11.3. The van der Waals surface area contributed by atoms with E-state index in [-0.39, 0.29) is 6.54 Å². The average Bonchev–Trinajstić information content (AvgIpc) is 2.41. The highest BCUT2D eigenvalue weighted by Crippen LogP contribution is 2.08. The summed E-state index contributed by atoms with van der Waals surface area (Å²) in [5, 5.41) is 15.5. The number of urea groups is 1. The van der Waals surface area contributed by atoms with Crippen LogP contribution in [0.25, 0.3) is 0 Å². The number of carbonyl (C=O) groups excluding carboxylic acids is 2. The number of nitrogens with one attached hydrogen (secondary N) is 3. The lowest BCUT2D eigenvalue weighted by molar-refractivity contribution is -0.137. The van der Waals surface area contributed by atoms with Crippen molar-refractivity contribution in [1.82, 2.24) is 16.0 Å². The Bertz CT molecular complexity index is 332. The Morgan fingerprint density at radius 3 is 2.19 bits per heavy atom. The van der Waals surface area contributed by atoms with Crippen LogP contribution in [0.3, 0.4) is 0 Å². The first-order valence-electron chi connectivity index (χ1n) is 7.42. The average molecular weight is 301 g/mol. The SMILES string of the molecule is CC(C)CCCCCCNC(=O)NCC(=O)NCC(=O)O. The molecule has 7 nitrogen and oxygen atoms in total. The Hall–Kier alpha value is -1.79. The lowest BCUT2D eigenvalue weighted by Gasteiger charge is -2.08. The number of unbranched alkanes of at least 4 members (excludes halogenated alkanes) is 3. The molecule has 0 spiro atoms. The van der Waals surface area contributed by atoms with Crippen LogP contribution in [-0.4, -0.2) is 42.6 Å². The Labute approximate surface area is 125 Å². The monoisotopic (exact) mass is 301 g/mol. The Morgan fingerprint density at radius 1 is 0.905 bits per heavy atom. The zero-order valence-electron chi connectivity index (χ0n) is 12.9. The molecule has 0 heterocycles. The van der Waals surface area contributed by atoms with E-state index in [4.69, 9.17) is 5.11 Å². The molecule has 0 bridgehead atoms. The fourth-order valence-electron chi connectivity index (χ4n) is 1.69. The van der Waals surface area contributed by atoms with Gasteiger partial charge in [-0.3, -0.25) is 9.59 Å². The van der Waals surface area contributed by atoms with Crippen molar-refractivity contribution in [2.75, 3.05) is 19.6 Å². The summed E-state index contributed by atoms with van der Waals surface area (Å²) in [5.41, 5.74) is 0. The van der Waals surface area contributed by atoms with Crippen molar-refractivity contribution in [2.24, 2.45) is 5.92 Å². The molecular weight excluding hydrogens is 274 g/mol. The Morgan fingerprint density at radius 2 is 1.57 bits per heavy atom. The maximum absolute atomic E-state index is 11.3. The summed E-state index contributed by atoms with van der Waals surface area (Å²) in [6, 6.07) is -0.414. The van der Waals surface area contributed by atoms with Crippen molar-refractivity contribution in [3.05, 3.63) is 0 Å². The van der Waals surface area contributed by atoms with Crippen molar-refractivity contribution in [3.63, 3.8) is 0 Å². The van der Waals surface area contributed by atoms with E-state index in [2.05, 4.69) is 29.8 Å². The van der Waals surface area contributed by atoms with Crippen LogP contribution in [0.2, 0.25) is 0 Å². The highest BCUT2D eigenvalue weighted by atomic mass is 16.4. The minimum absolute atomic E-state index is 0.229. The molecule has 122 valence electrons. The van der Waals surface area contributed by atoms with Gasteiger partial charge in [-0.15, -0.1) is 0 Å². The molecule has 0 saturated carbocycles. The van der Waals surface area contributed by atoms with Gasteiger partial charge < -0.3 is 21.1 Å². The number of carboxylic acid groups (broad SMARTS) is 1. The quantitative estimate of drug-likeness (QED) is 0.428. The van der Waals surface area contributed by atoms with E-state index in [1.54, 1.807) is 0 Å². The van der Waals surface area contributed by atoms with Crippen LogP contribution in [-0.2, 0) is 9.59 Å². The molecular formula is C14H27N3O4. The molecule has 0 unspecified atom stereocenters. The van der Waals surface area contributed by atoms with Crippen molar-refractivity contribution in [1.29, 1.82) is 0 Å². The molecule has 0 fully saturated rings. The molecule has 0 aliphatic heterocycles. The predicted octanol–water partition coefficient (Wildman–Crippen LogP) is 1.09. The summed E-state index contributed by atoms with van der Waals surface area (Å²) in [7, 11) is 0. The fourth-order valence-corrected chi connectivity index (χ4v) is 1.69. The van der Waals surface area contributed by atoms with Crippen molar-refractivity contribution in [3.8, 4) is 0 Å². The summed E-state index contributed by atoms with van der Waals surface area (Å²) in [5.74, 6) is -0.910. The first kappa shape index (κ1) is 19.2. The molecule has 0 aromatic heterocycles. The van der Waals surface area contributed by atoms with Gasteiger partial charge in [0.15, 0.2) is 0 Å². The molecule has 0 aliphatic carbocycles. The zero-order chi connectivity index (χ0) is 16.1. The van der Waals surface area contributed by atoms with E-state index in [0.29, 0.717) is 6.54 Å². The van der Waals surface area contributed by atoms with E-state index in [1.807, 2.05) is 0 Å². The van der Waals surface area contributed by atoms with Crippen LogP contribution in [0, 0.1) is 5.92 Å². The summed E-state index contributed by atoms with van der Waals surface area (Å²) >= 11 is 0. The lowest BCUT2D eigenvalue weighted by atomic mass is 10.0. The topological polar surface area (TPSA) is 108 Å². The summed E-state index contributed by atoms with van der Waals surface area (Å²) in [4.78, 5) is 32.7. The molecule has 3 amide bonds. The van der Waals surface area contributed by atoms with Crippen molar-refractivity contribution < 1.29 is 19.5 Å². The number of carboxylic acids is 1. The van der Waals surface area contributed by atoms with Gasteiger partial charge in [-0.1, -0.05) is 39.5 Å². The molecule has 0 atom stereocenters. The minimum Gasteiger partial charge on any atom is -0.480 e. The molecule has 0 radical (unpaired) electrons. The van der Waals surface area contributed by atoms with E-state index in [1.165, 1.54) is 19.3 Å². The van der Waals surface area contributed by atoms with Gasteiger partial charge in [-0.2, -0.15) is 0 Å². The number of rotatable bonds is 11. The summed E-state index contributed by atoms with van der Waals surface area (Å²) < 4.78 is 0. The normalized spacial score (nSPS) is 10.2. The van der Waals surface area contributed by atoms with Crippen LogP contribution in [0.4, 0.5) is 4.79 Å². The van der Waals surface area contributed by atoms with Gasteiger partial charge in [-0.25, -0.2) is 4.79 Å². The Kier molecular flexibility index (Phi) is 11.0. The smallest absolute Gasteiger partial charge is 0.322 e. The largest absolute Gasteiger partial charge is 0.480 e. The number of carbonyl (C=O) groups is 3. The summed E-state index contributed by atoms with van der Waals surface area (Å²) in [6.45, 7) is 4.31. The molecule has 0 rings (SSSR count). The van der Waals surface area contributed by atoms with Crippen LogP contribution in [0.15, 0.2) is 0 Å². The maximum Gasteiger partial charge on any atom is 0.322 e. The molecule has 0 aromatic carbocycles. The number of hydrogen-bond donors (Lipinski definition) is 4. The third kappa shape index (κ3) is 14.4. The van der Waals surface area contributed by atoms with Crippen LogP contribution in [0.1, 0.15) is 46.0 Å². The highest BCUT2D eigenvalue weighted by molar-refractivity contribution is 5.86. The first-order valence-corrected chi connectivity index (χ1v) is 7.42. The van der Waals surface area contributed by atoms with E-state index in [9.17, 15) is 14.4 Å². The lowest BCUT2D eigenvalue weighted by Crippen LogP contribution is -2.43. The second kappa shape index (κ2) is 12.0. The summed E-state index contributed by atoms with van der Waals surface area (Å²) in [6.07, 6.45) is 5.61. The van der Waals surface area contributed by atoms with Gasteiger partial charge >= 0.3 is 12.0 Å². The van der Waals surface area contributed by atoms with Crippen LogP contribution >= 0.6 is 0 Å². The van der Waals surface area contributed by atoms with Gasteiger partial charge in [0, 0.05) is 6.54 Å². The molecule has 21 heavy (non-hydrogen) atoms. The van der Waals surface area contributed by atoms with E-state index >= 15 is 0 Å². The second-order valence-electron chi connectivity index (χ2n) is 5.38. The van der Waals surface area contributed by atoms with Gasteiger partial charge in [0.2, 0.25) is 5.91 Å². The van der Waals surface area contributed by atoms with Crippen molar-refractivity contribution in [2.45, 2.75) is 46.0 Å². The number of hydrogen-bond acceptors (Lipinski definition) is 3. The molecule has 0 aromatic rings. The number of aliphatic carboxylic acids is 1. The van der Waals surface area contributed by atoms with Gasteiger partial charge in [-0.05, 0) is 12.3 Å². The van der Waals surface area contributed by atoms with Crippen LogP contribution in [0.5, 0.6) is 0 Å². The minimum atomic E-state index is -1.12. The first-order chi connectivity index (χ1) is 9.91. The molecule has 7 heteroatoms. The third-order valence-electron chi connectivity index (χ3n) is 2.84. The van der Waals surface area contributed by atoms with Crippen LogP contribution < -0.4 is 16.0 Å². The predicted molar refractivity (Wildman–Crippen MR) is 80.0 cm³/mol. The third-order valence-corrected chi connectivity index (χ3v) is 2.84. The number of amides is 3. The van der Waals surface area contributed by atoms with E-state index < -0.39 is 24.5 Å². The molecule has 0 saturated heterocycles. The van der Waals surface area contributed by atoms with Crippen molar-refractivity contribution >= 4 is 17.9 Å². The second-order valence-corrected chi connectivity index (χ2v) is 5.38. The fraction of sp³-hybridized carbons (Fsp3) is 0.786. The molecule has 0 aliphatic rings. The molecule has 4 N–H and O–H groups in total. The zero-order valence-corrected chi connectivity index (χ0v) is 12.9.